The highest BCUT2D eigenvalue weighted by atomic mass is 35.5. The number of likely N-dealkylation sites (N-methyl/N-ethyl adjacent to an activating group) is 1. The first-order valence-electron chi connectivity index (χ1n) is 7.04. The van der Waals surface area contributed by atoms with Crippen molar-refractivity contribution in [1.82, 2.24) is 15.1 Å². The van der Waals surface area contributed by atoms with Crippen molar-refractivity contribution in [1.29, 1.82) is 0 Å². The molecule has 2 aliphatic heterocycles. The predicted octanol–water partition coefficient (Wildman–Crippen LogP) is 1.44. The number of nitrogens with zero attached hydrogens (tertiary/aromatic N) is 2. The summed E-state index contributed by atoms with van der Waals surface area (Å²) >= 11 is 0. The van der Waals surface area contributed by atoms with Crippen molar-refractivity contribution in [3.63, 3.8) is 0 Å². The van der Waals surface area contributed by atoms with Gasteiger partial charge in [0.1, 0.15) is 0 Å². The van der Waals surface area contributed by atoms with Crippen molar-refractivity contribution in [2.75, 3.05) is 52.4 Å². The maximum Gasteiger partial charge on any atom is 0.0110 e. The van der Waals surface area contributed by atoms with E-state index in [0.717, 1.165) is 5.92 Å². The summed E-state index contributed by atoms with van der Waals surface area (Å²) in [4.78, 5) is 5.21. The maximum atomic E-state index is 3.51. The monoisotopic (exact) mass is 261 g/mol. The third-order valence-electron chi connectivity index (χ3n) is 4.16. The van der Waals surface area contributed by atoms with Crippen LogP contribution in [0.2, 0.25) is 0 Å². The van der Waals surface area contributed by atoms with Crippen molar-refractivity contribution in [3.8, 4) is 0 Å². The van der Waals surface area contributed by atoms with Crippen molar-refractivity contribution in [2.24, 2.45) is 5.92 Å². The summed E-state index contributed by atoms with van der Waals surface area (Å²) in [6.45, 7) is 12.4. The molecule has 0 saturated carbocycles. The quantitative estimate of drug-likeness (QED) is 0.826. The zero-order valence-electron chi connectivity index (χ0n) is 11.2. The first-order chi connectivity index (χ1) is 7.88. The fourth-order valence-electron chi connectivity index (χ4n) is 2.86. The molecule has 2 saturated heterocycles. The Bertz CT molecular complexity index is 187. The van der Waals surface area contributed by atoms with Gasteiger partial charge in [-0.1, -0.05) is 6.92 Å². The Hall–Kier alpha value is 0.170. The van der Waals surface area contributed by atoms with E-state index in [0.29, 0.717) is 0 Å². The summed E-state index contributed by atoms with van der Waals surface area (Å²) < 4.78 is 0. The van der Waals surface area contributed by atoms with Crippen molar-refractivity contribution >= 4 is 12.4 Å². The van der Waals surface area contributed by atoms with E-state index >= 15 is 0 Å². The molecule has 0 spiro atoms. The van der Waals surface area contributed by atoms with Gasteiger partial charge in [-0.25, -0.2) is 0 Å². The standard InChI is InChI=1S/C13H27N3.ClH/c1-2-15-8-10-16(11-9-15)7-5-13-4-3-6-14-12-13;/h13-14H,2-12H2,1H3;1H. The first-order valence-corrected chi connectivity index (χ1v) is 7.04. The van der Waals surface area contributed by atoms with Crippen LogP contribution in [0.4, 0.5) is 0 Å². The van der Waals surface area contributed by atoms with Gasteiger partial charge in [-0.2, -0.15) is 0 Å². The number of piperazine rings is 1. The van der Waals surface area contributed by atoms with Gasteiger partial charge >= 0.3 is 0 Å². The lowest BCUT2D eigenvalue weighted by atomic mass is 9.96. The van der Waals surface area contributed by atoms with Crippen LogP contribution in [0.5, 0.6) is 0 Å². The third kappa shape index (κ3) is 5.12. The second-order valence-electron chi connectivity index (χ2n) is 5.28. The molecule has 3 nitrogen and oxygen atoms in total. The molecule has 2 fully saturated rings. The van der Waals surface area contributed by atoms with E-state index < -0.39 is 0 Å². The Kier molecular flexibility index (Phi) is 7.44. The molecule has 0 aromatic heterocycles. The van der Waals surface area contributed by atoms with E-state index in [-0.39, 0.29) is 12.4 Å². The number of nitrogens with one attached hydrogen (secondary N) is 1. The molecule has 0 aromatic rings. The molecule has 1 atom stereocenters. The average Bonchev–Trinajstić information content (AvgIpc) is 2.38. The largest absolute Gasteiger partial charge is 0.316 e. The molecule has 2 aliphatic rings. The van der Waals surface area contributed by atoms with E-state index in [1.807, 2.05) is 0 Å². The molecule has 0 aromatic carbocycles. The van der Waals surface area contributed by atoms with Gasteiger partial charge in [0.25, 0.3) is 0 Å². The summed E-state index contributed by atoms with van der Waals surface area (Å²) in [5.41, 5.74) is 0. The molecule has 102 valence electrons. The number of rotatable bonds is 4. The minimum Gasteiger partial charge on any atom is -0.316 e. The first kappa shape index (κ1) is 15.2. The van der Waals surface area contributed by atoms with Crippen LogP contribution in [-0.4, -0.2) is 62.2 Å². The number of halogens is 1. The van der Waals surface area contributed by atoms with E-state index in [2.05, 4.69) is 22.0 Å². The van der Waals surface area contributed by atoms with Crippen LogP contribution in [-0.2, 0) is 0 Å². The number of hydrogen-bond acceptors (Lipinski definition) is 3. The molecule has 0 amide bonds. The van der Waals surface area contributed by atoms with Gasteiger partial charge in [0, 0.05) is 26.2 Å². The summed E-state index contributed by atoms with van der Waals surface area (Å²) in [7, 11) is 0. The van der Waals surface area contributed by atoms with E-state index in [4.69, 9.17) is 0 Å². The van der Waals surface area contributed by atoms with Gasteiger partial charge in [-0.15, -0.1) is 12.4 Å². The average molecular weight is 262 g/mol. The Morgan fingerprint density at radius 2 is 1.82 bits per heavy atom. The van der Waals surface area contributed by atoms with E-state index in [1.165, 1.54) is 71.6 Å². The lowest BCUT2D eigenvalue weighted by Gasteiger charge is -2.35. The van der Waals surface area contributed by atoms with Gasteiger partial charge in [0.05, 0.1) is 0 Å². The summed E-state index contributed by atoms with van der Waals surface area (Å²) in [6.07, 6.45) is 4.23. The molecule has 0 aliphatic carbocycles. The lowest BCUT2D eigenvalue weighted by molar-refractivity contribution is 0.129. The highest BCUT2D eigenvalue weighted by Gasteiger charge is 2.18. The minimum atomic E-state index is 0. The molecular formula is C13H28ClN3. The molecule has 1 N–H and O–H groups in total. The third-order valence-corrected chi connectivity index (χ3v) is 4.16. The van der Waals surface area contributed by atoms with Crippen LogP contribution in [0.1, 0.15) is 26.2 Å². The van der Waals surface area contributed by atoms with E-state index in [9.17, 15) is 0 Å². The SMILES string of the molecule is CCN1CCN(CCC2CCCNC2)CC1.Cl. The van der Waals surface area contributed by atoms with Crippen molar-refractivity contribution < 1.29 is 0 Å². The summed E-state index contributed by atoms with van der Waals surface area (Å²) in [5.74, 6) is 0.943. The molecular weight excluding hydrogens is 234 g/mol. The highest BCUT2D eigenvalue weighted by molar-refractivity contribution is 5.85. The Morgan fingerprint density at radius 3 is 2.41 bits per heavy atom. The molecule has 2 rings (SSSR count). The van der Waals surface area contributed by atoms with Crippen LogP contribution < -0.4 is 5.32 Å². The van der Waals surface area contributed by atoms with Crippen LogP contribution in [0.15, 0.2) is 0 Å². The maximum absolute atomic E-state index is 3.51. The molecule has 4 heteroatoms. The minimum absolute atomic E-state index is 0. The Balaban J connectivity index is 0.00000144. The Labute approximate surface area is 112 Å². The highest BCUT2D eigenvalue weighted by Crippen LogP contribution is 2.15. The van der Waals surface area contributed by atoms with Crippen LogP contribution in [0.25, 0.3) is 0 Å². The van der Waals surface area contributed by atoms with Crippen molar-refractivity contribution in [2.45, 2.75) is 26.2 Å². The Morgan fingerprint density at radius 1 is 1.12 bits per heavy atom. The van der Waals surface area contributed by atoms with Crippen LogP contribution in [0, 0.1) is 5.92 Å². The predicted molar refractivity (Wildman–Crippen MR) is 76.0 cm³/mol. The smallest absolute Gasteiger partial charge is 0.0110 e. The second kappa shape index (κ2) is 8.30. The van der Waals surface area contributed by atoms with Gasteiger partial charge < -0.3 is 15.1 Å². The van der Waals surface area contributed by atoms with Gasteiger partial charge in [0.2, 0.25) is 0 Å². The van der Waals surface area contributed by atoms with Gasteiger partial charge in [0.15, 0.2) is 0 Å². The van der Waals surface area contributed by atoms with Gasteiger partial charge in [-0.3, -0.25) is 0 Å². The molecule has 17 heavy (non-hydrogen) atoms. The van der Waals surface area contributed by atoms with Crippen LogP contribution in [0.3, 0.4) is 0 Å². The van der Waals surface area contributed by atoms with E-state index in [1.54, 1.807) is 0 Å². The van der Waals surface area contributed by atoms with Gasteiger partial charge in [-0.05, 0) is 51.4 Å². The molecule has 0 radical (unpaired) electrons. The lowest BCUT2D eigenvalue weighted by Crippen LogP contribution is -2.46. The van der Waals surface area contributed by atoms with Crippen LogP contribution >= 0.6 is 12.4 Å². The molecule has 0 bridgehead atoms. The second-order valence-corrected chi connectivity index (χ2v) is 5.28. The fourth-order valence-corrected chi connectivity index (χ4v) is 2.86. The fraction of sp³-hybridized carbons (Fsp3) is 1.00. The number of hydrogen-bond donors (Lipinski definition) is 1. The molecule has 1 unspecified atom stereocenters. The number of piperidine rings is 1. The summed E-state index contributed by atoms with van der Waals surface area (Å²) in [6, 6.07) is 0. The zero-order chi connectivity index (χ0) is 11.2. The zero-order valence-corrected chi connectivity index (χ0v) is 12.0. The normalized spacial score (nSPS) is 27.7. The topological polar surface area (TPSA) is 18.5 Å². The molecule has 2 heterocycles. The van der Waals surface area contributed by atoms with Crippen molar-refractivity contribution in [3.05, 3.63) is 0 Å². The summed E-state index contributed by atoms with van der Waals surface area (Å²) in [5, 5.41) is 3.51.